The van der Waals surface area contributed by atoms with Crippen LogP contribution in [0.25, 0.3) is 22.0 Å². The number of benzene rings is 2. The van der Waals surface area contributed by atoms with E-state index in [1.807, 2.05) is 0 Å². The maximum atomic E-state index is 14.7. The molecule has 4 rings (SSSR count). The van der Waals surface area contributed by atoms with Gasteiger partial charge in [-0.2, -0.15) is 22.0 Å². The molecule has 4 aromatic rings. The molecule has 0 spiro atoms. The highest BCUT2D eigenvalue weighted by atomic mass is 32.2. The molecule has 0 unspecified atom stereocenters. The third-order valence-corrected chi connectivity index (χ3v) is 6.52. The van der Waals surface area contributed by atoms with Gasteiger partial charge in [-0.25, -0.2) is 27.8 Å². The van der Waals surface area contributed by atoms with Crippen LogP contribution in [0.3, 0.4) is 0 Å². The van der Waals surface area contributed by atoms with Crippen molar-refractivity contribution >= 4 is 32.4 Å². The molecule has 0 saturated carbocycles. The zero-order valence-corrected chi connectivity index (χ0v) is 20.0. The molecule has 8 nitrogen and oxygen atoms in total. The van der Waals surface area contributed by atoms with E-state index in [4.69, 9.17) is 10.5 Å². The molecule has 38 heavy (non-hydrogen) atoms. The highest BCUT2D eigenvalue weighted by Gasteiger charge is 2.59. The first kappa shape index (κ1) is 26.9. The number of anilines is 2. The Hall–Kier alpha value is -4.14. The Morgan fingerprint density at radius 1 is 0.974 bits per heavy atom. The average Bonchev–Trinajstić information content (AvgIpc) is 2.81. The van der Waals surface area contributed by atoms with E-state index >= 15 is 0 Å². The number of sulfonamides is 1. The number of nitrogens with one attached hydrogen (secondary N) is 1. The predicted octanol–water partition coefficient (Wildman–Crippen LogP) is 5.45. The van der Waals surface area contributed by atoms with Crippen LogP contribution in [0.1, 0.15) is 5.56 Å². The van der Waals surface area contributed by atoms with E-state index in [2.05, 4.69) is 15.0 Å². The zero-order chi connectivity index (χ0) is 27.9. The van der Waals surface area contributed by atoms with Crippen LogP contribution in [0.4, 0.5) is 38.0 Å². The molecule has 0 radical (unpaired) electrons. The number of aryl methyl sites for hydroxylation is 1. The van der Waals surface area contributed by atoms with Crippen LogP contribution in [0.15, 0.2) is 54.9 Å². The maximum absolute atomic E-state index is 14.7. The van der Waals surface area contributed by atoms with E-state index in [0.717, 1.165) is 6.07 Å². The van der Waals surface area contributed by atoms with Crippen molar-refractivity contribution in [1.82, 2.24) is 15.0 Å². The summed E-state index contributed by atoms with van der Waals surface area (Å²) in [6, 6.07) is 9.53. The van der Waals surface area contributed by atoms with Crippen LogP contribution in [0, 0.1) is 12.7 Å². The molecule has 200 valence electrons. The van der Waals surface area contributed by atoms with Crippen LogP contribution >= 0.6 is 0 Å². The van der Waals surface area contributed by atoms with Crippen molar-refractivity contribution in [3.63, 3.8) is 0 Å². The second kappa shape index (κ2) is 9.63. The topological polar surface area (TPSA) is 120 Å². The van der Waals surface area contributed by atoms with Gasteiger partial charge in [-0.3, -0.25) is 4.72 Å². The first-order valence-corrected chi connectivity index (χ1v) is 12.2. The summed E-state index contributed by atoms with van der Waals surface area (Å²) in [5.41, 5.74) is 6.08. The Morgan fingerprint density at radius 2 is 1.68 bits per heavy atom. The number of pyridine rings is 1. The fraction of sp³-hybridized carbons (Fsp3) is 0.174. The Bertz CT molecular complexity index is 1630. The quantitative estimate of drug-likeness (QED) is 0.290. The van der Waals surface area contributed by atoms with Gasteiger partial charge in [-0.05, 0) is 42.8 Å². The standard InChI is InChI=1S/C23H17F6N5O3S/c1-12-4-5-13-14(6-7-16(24)18(13)34-38(35,36)11-22(25,26)23(27,28)29)19(12)37-20-15(3-2-9-31-20)17-8-10-32-21(30)33-17/h2-10,34H,11H2,1H3,(H2,30,32,33). The number of hydrogen-bond acceptors (Lipinski definition) is 7. The van der Waals surface area contributed by atoms with Crippen molar-refractivity contribution in [2.75, 3.05) is 16.2 Å². The lowest BCUT2D eigenvalue weighted by Crippen LogP contribution is -2.44. The number of nitrogens with zero attached hydrogens (tertiary/aromatic N) is 3. The lowest BCUT2D eigenvalue weighted by atomic mass is 10.0. The predicted molar refractivity (Wildman–Crippen MR) is 127 cm³/mol. The molecule has 2 aromatic heterocycles. The number of alkyl halides is 5. The van der Waals surface area contributed by atoms with Crippen LogP contribution in [-0.2, 0) is 10.0 Å². The van der Waals surface area contributed by atoms with E-state index < -0.39 is 39.4 Å². The lowest BCUT2D eigenvalue weighted by molar-refractivity contribution is -0.271. The molecular weight excluding hydrogens is 540 g/mol. The Balaban J connectivity index is 1.78. The van der Waals surface area contributed by atoms with Gasteiger partial charge in [-0.15, -0.1) is 0 Å². The van der Waals surface area contributed by atoms with E-state index in [-0.39, 0.29) is 28.4 Å². The molecule has 0 amide bonds. The lowest BCUT2D eigenvalue weighted by Gasteiger charge is -2.21. The fourth-order valence-electron chi connectivity index (χ4n) is 3.50. The third kappa shape index (κ3) is 5.41. The van der Waals surface area contributed by atoms with Gasteiger partial charge in [-0.1, -0.05) is 12.1 Å². The average molecular weight is 557 g/mol. The Labute approximate surface area is 211 Å². The van der Waals surface area contributed by atoms with E-state index in [1.54, 1.807) is 25.1 Å². The minimum absolute atomic E-state index is 0.0119. The minimum Gasteiger partial charge on any atom is -0.437 e. The van der Waals surface area contributed by atoms with E-state index in [0.29, 0.717) is 16.8 Å². The number of nitrogen functional groups attached to an aromatic ring is 1. The van der Waals surface area contributed by atoms with Crippen LogP contribution in [0.2, 0.25) is 0 Å². The zero-order valence-electron chi connectivity index (χ0n) is 19.2. The molecule has 3 N–H and O–H groups in total. The highest BCUT2D eigenvalue weighted by Crippen LogP contribution is 2.41. The number of nitrogens with two attached hydrogens (primary N) is 1. The summed E-state index contributed by atoms with van der Waals surface area (Å²) in [6.45, 7) is 1.62. The van der Waals surface area contributed by atoms with E-state index in [9.17, 15) is 34.8 Å². The van der Waals surface area contributed by atoms with Crippen LogP contribution in [0.5, 0.6) is 11.6 Å². The van der Waals surface area contributed by atoms with Crippen molar-refractivity contribution in [1.29, 1.82) is 0 Å². The highest BCUT2D eigenvalue weighted by molar-refractivity contribution is 7.92. The fourth-order valence-corrected chi connectivity index (χ4v) is 4.73. The molecule has 0 atom stereocenters. The number of aromatic nitrogens is 3. The summed E-state index contributed by atoms with van der Waals surface area (Å²) in [7, 11) is -5.36. The molecule has 0 aliphatic carbocycles. The number of ether oxygens (including phenoxy) is 1. The Morgan fingerprint density at radius 3 is 2.37 bits per heavy atom. The Kier molecular flexibility index (Phi) is 6.82. The normalized spacial score (nSPS) is 12.5. The largest absolute Gasteiger partial charge is 0.454 e. The second-order valence-electron chi connectivity index (χ2n) is 8.05. The van der Waals surface area contributed by atoms with Gasteiger partial charge in [0.15, 0.2) is 0 Å². The number of halogens is 6. The maximum Gasteiger partial charge on any atom is 0.454 e. The van der Waals surface area contributed by atoms with Gasteiger partial charge in [0.1, 0.15) is 17.3 Å². The summed E-state index contributed by atoms with van der Waals surface area (Å²) < 4.78 is 111. The summed E-state index contributed by atoms with van der Waals surface area (Å²) >= 11 is 0. The van der Waals surface area contributed by atoms with Gasteiger partial charge in [0.2, 0.25) is 21.9 Å². The SMILES string of the molecule is Cc1ccc2c(NS(=O)(=O)CC(F)(F)C(F)(F)F)c(F)ccc2c1Oc1ncccc1-c1ccnc(N)n1. The van der Waals surface area contributed by atoms with Crippen LogP contribution < -0.4 is 15.2 Å². The van der Waals surface area contributed by atoms with E-state index in [1.165, 1.54) is 35.3 Å². The van der Waals surface area contributed by atoms with Gasteiger partial charge in [0.05, 0.1) is 16.9 Å². The van der Waals surface area contributed by atoms with Crippen molar-refractivity contribution in [2.45, 2.75) is 19.0 Å². The summed E-state index contributed by atoms with van der Waals surface area (Å²) in [6.07, 6.45) is -3.28. The molecule has 0 saturated heterocycles. The van der Waals surface area contributed by atoms with Crippen molar-refractivity contribution in [3.05, 3.63) is 66.2 Å². The monoisotopic (exact) mass is 557 g/mol. The summed E-state index contributed by atoms with van der Waals surface area (Å²) in [5.74, 6) is -9.29. The minimum atomic E-state index is -6.12. The van der Waals surface area contributed by atoms with Crippen LogP contribution in [-0.4, -0.2) is 41.2 Å². The van der Waals surface area contributed by atoms with Crippen molar-refractivity contribution < 1.29 is 39.5 Å². The first-order chi connectivity index (χ1) is 17.7. The molecule has 0 fully saturated rings. The summed E-state index contributed by atoms with van der Waals surface area (Å²) in [4.78, 5) is 12.1. The summed E-state index contributed by atoms with van der Waals surface area (Å²) in [5, 5.41) is -0.0428. The molecule has 2 heterocycles. The molecule has 2 aromatic carbocycles. The van der Waals surface area contributed by atoms with Gasteiger partial charge < -0.3 is 10.5 Å². The molecule has 0 aliphatic rings. The van der Waals surface area contributed by atoms with Gasteiger partial charge in [0, 0.05) is 23.2 Å². The second-order valence-corrected chi connectivity index (χ2v) is 9.77. The molecular formula is C23H17F6N5O3S. The third-order valence-electron chi connectivity index (χ3n) is 5.26. The van der Waals surface area contributed by atoms with Crippen molar-refractivity contribution in [2.24, 2.45) is 0 Å². The first-order valence-electron chi connectivity index (χ1n) is 10.6. The molecule has 0 aliphatic heterocycles. The number of rotatable bonds is 7. The number of fused-ring (bicyclic) bond motifs is 1. The van der Waals surface area contributed by atoms with Gasteiger partial charge >= 0.3 is 12.1 Å². The molecule has 0 bridgehead atoms. The smallest absolute Gasteiger partial charge is 0.437 e. The number of hydrogen-bond donors (Lipinski definition) is 2. The van der Waals surface area contributed by atoms with Gasteiger partial charge in [0.25, 0.3) is 0 Å². The molecule has 15 heteroatoms. The van der Waals surface area contributed by atoms with Crippen molar-refractivity contribution in [3.8, 4) is 22.9 Å².